The fraction of sp³-hybridized carbons (Fsp3) is 0.600. The van der Waals surface area contributed by atoms with Gasteiger partial charge in [-0.25, -0.2) is 0 Å². The Morgan fingerprint density at radius 1 is 1.50 bits per heavy atom. The molecule has 1 saturated carbocycles. The van der Waals surface area contributed by atoms with Gasteiger partial charge in [-0.1, -0.05) is 19.9 Å². The quantitative estimate of drug-likeness (QED) is 0.894. The van der Waals surface area contributed by atoms with Gasteiger partial charge in [-0.2, -0.15) is 0 Å². The van der Waals surface area contributed by atoms with Gasteiger partial charge in [0, 0.05) is 26.8 Å². The number of nitrogens with zero attached hydrogens (tertiary/aromatic N) is 1. The summed E-state index contributed by atoms with van der Waals surface area (Å²) in [6, 6.07) is 4.18. The summed E-state index contributed by atoms with van der Waals surface area (Å²) in [5.41, 5.74) is 2.40. The standard InChI is InChI=1S/C9H13N.C6H11NO.H2/c1-7(2)9-5-4-8(3)10-6-9;1-5(8)7-4-6-2-3-6;/h4-7H,1-3H3;6H,2-4H2,1H3,(H,7,8);1H. The van der Waals surface area contributed by atoms with Crippen molar-refractivity contribution in [2.24, 2.45) is 5.92 Å². The van der Waals surface area contributed by atoms with E-state index in [0.29, 0.717) is 5.92 Å². The Bertz CT molecular complexity index is 372. The van der Waals surface area contributed by atoms with E-state index in [9.17, 15) is 4.79 Å². The van der Waals surface area contributed by atoms with Crippen molar-refractivity contribution in [2.45, 2.75) is 46.5 Å². The molecule has 0 spiro atoms. The minimum Gasteiger partial charge on any atom is -0.356 e. The van der Waals surface area contributed by atoms with Gasteiger partial charge < -0.3 is 5.32 Å². The van der Waals surface area contributed by atoms with Crippen LogP contribution >= 0.6 is 0 Å². The van der Waals surface area contributed by atoms with Gasteiger partial charge in [-0.15, -0.1) is 0 Å². The Morgan fingerprint density at radius 3 is 2.56 bits per heavy atom. The summed E-state index contributed by atoms with van der Waals surface area (Å²) in [5, 5.41) is 2.77. The number of rotatable bonds is 3. The van der Waals surface area contributed by atoms with Crippen molar-refractivity contribution in [1.82, 2.24) is 10.3 Å². The van der Waals surface area contributed by atoms with Crippen LogP contribution in [0.2, 0.25) is 0 Å². The molecule has 0 unspecified atom stereocenters. The number of pyridine rings is 1. The topological polar surface area (TPSA) is 42.0 Å². The molecule has 0 aliphatic heterocycles. The average molecular weight is 250 g/mol. The number of amides is 1. The van der Waals surface area contributed by atoms with Gasteiger partial charge in [-0.3, -0.25) is 9.78 Å². The number of nitrogens with one attached hydrogen (secondary N) is 1. The van der Waals surface area contributed by atoms with E-state index in [1.165, 1.54) is 18.4 Å². The molecule has 0 radical (unpaired) electrons. The number of carbonyl (C=O) groups is 1. The second kappa shape index (κ2) is 7.14. The molecule has 102 valence electrons. The molecule has 0 saturated heterocycles. The molecule has 0 bridgehead atoms. The van der Waals surface area contributed by atoms with Gasteiger partial charge in [0.05, 0.1) is 0 Å². The molecule has 1 N–H and O–H groups in total. The lowest BCUT2D eigenvalue weighted by Gasteiger charge is -2.02. The Balaban J connectivity index is 0.000000331. The van der Waals surface area contributed by atoms with Crippen molar-refractivity contribution in [2.75, 3.05) is 6.54 Å². The van der Waals surface area contributed by atoms with Gasteiger partial charge in [0.1, 0.15) is 0 Å². The Hall–Kier alpha value is -1.38. The normalized spacial score (nSPS) is 13.8. The highest BCUT2D eigenvalue weighted by molar-refractivity contribution is 5.72. The van der Waals surface area contributed by atoms with E-state index < -0.39 is 0 Å². The maximum Gasteiger partial charge on any atom is 0.216 e. The second-order valence-corrected chi connectivity index (χ2v) is 5.27. The Morgan fingerprint density at radius 2 is 2.17 bits per heavy atom. The highest BCUT2D eigenvalue weighted by Crippen LogP contribution is 2.27. The third kappa shape index (κ3) is 6.38. The molecule has 0 atom stereocenters. The minimum atomic E-state index is 0. The summed E-state index contributed by atoms with van der Waals surface area (Å²) in [7, 11) is 0. The van der Waals surface area contributed by atoms with Crippen LogP contribution in [-0.4, -0.2) is 17.4 Å². The fourth-order valence-electron chi connectivity index (χ4n) is 1.43. The van der Waals surface area contributed by atoms with E-state index in [1.54, 1.807) is 6.92 Å². The van der Waals surface area contributed by atoms with Gasteiger partial charge >= 0.3 is 0 Å². The monoisotopic (exact) mass is 250 g/mol. The van der Waals surface area contributed by atoms with Crippen molar-refractivity contribution >= 4 is 5.91 Å². The number of hydrogen-bond donors (Lipinski definition) is 1. The predicted molar refractivity (Wildman–Crippen MR) is 76.6 cm³/mol. The van der Waals surface area contributed by atoms with Crippen molar-refractivity contribution in [1.29, 1.82) is 0 Å². The number of aromatic nitrogens is 1. The largest absolute Gasteiger partial charge is 0.356 e. The summed E-state index contributed by atoms with van der Waals surface area (Å²) in [6.45, 7) is 8.81. The number of carbonyl (C=O) groups excluding carboxylic acids is 1. The van der Waals surface area contributed by atoms with Crippen LogP contribution in [0, 0.1) is 12.8 Å². The molecule has 1 fully saturated rings. The van der Waals surface area contributed by atoms with Crippen LogP contribution in [0.25, 0.3) is 0 Å². The Labute approximate surface area is 111 Å². The van der Waals surface area contributed by atoms with Crippen LogP contribution in [0.1, 0.15) is 52.2 Å². The van der Waals surface area contributed by atoms with Gasteiger partial charge in [0.25, 0.3) is 0 Å². The Kier molecular flexibility index (Phi) is 5.83. The summed E-state index contributed by atoms with van der Waals surface area (Å²) in [5.74, 6) is 1.49. The second-order valence-electron chi connectivity index (χ2n) is 5.27. The van der Waals surface area contributed by atoms with Crippen molar-refractivity contribution < 1.29 is 6.22 Å². The minimum absolute atomic E-state index is 0. The molecule has 1 aliphatic carbocycles. The van der Waals surface area contributed by atoms with Crippen LogP contribution < -0.4 is 5.32 Å². The maximum absolute atomic E-state index is 10.3. The molecular weight excluding hydrogens is 224 g/mol. The highest BCUT2D eigenvalue weighted by atomic mass is 16.1. The molecule has 2 rings (SSSR count). The lowest BCUT2D eigenvalue weighted by atomic mass is 10.1. The van der Waals surface area contributed by atoms with Gasteiger partial charge in [0.2, 0.25) is 5.91 Å². The van der Waals surface area contributed by atoms with Gasteiger partial charge in [-0.05, 0) is 43.2 Å². The van der Waals surface area contributed by atoms with E-state index in [1.807, 2.05) is 13.1 Å². The first-order chi connectivity index (χ1) is 8.49. The van der Waals surface area contributed by atoms with E-state index in [-0.39, 0.29) is 7.33 Å². The van der Waals surface area contributed by atoms with Crippen LogP contribution in [0.15, 0.2) is 18.3 Å². The number of hydrogen-bond acceptors (Lipinski definition) is 2. The summed E-state index contributed by atoms with van der Waals surface area (Å²) in [6.07, 6.45) is 4.56. The van der Waals surface area contributed by atoms with E-state index in [2.05, 4.69) is 36.3 Å². The predicted octanol–water partition coefficient (Wildman–Crippen LogP) is 3.29. The maximum atomic E-state index is 10.3. The van der Waals surface area contributed by atoms with Gasteiger partial charge in [0.15, 0.2) is 0 Å². The lowest BCUT2D eigenvalue weighted by molar-refractivity contribution is -0.119. The fourth-order valence-corrected chi connectivity index (χ4v) is 1.43. The summed E-state index contributed by atoms with van der Waals surface area (Å²) < 4.78 is 0. The molecular formula is C15H26N2O. The molecule has 1 aromatic heterocycles. The SMILES string of the molecule is CC(=O)NCC1CC1.Cc1ccc(C(C)C)cn1.[HH]. The molecule has 1 aromatic rings. The zero-order valence-corrected chi connectivity index (χ0v) is 11.9. The molecule has 3 heteroatoms. The summed E-state index contributed by atoms with van der Waals surface area (Å²) in [4.78, 5) is 14.5. The zero-order valence-electron chi connectivity index (χ0n) is 11.9. The van der Waals surface area contributed by atoms with Crippen LogP contribution in [0.5, 0.6) is 0 Å². The average Bonchev–Trinajstić information content (AvgIpc) is 3.11. The third-order valence-electron chi connectivity index (χ3n) is 2.94. The zero-order chi connectivity index (χ0) is 13.5. The smallest absolute Gasteiger partial charge is 0.216 e. The first-order valence-electron chi connectivity index (χ1n) is 6.66. The van der Waals surface area contributed by atoms with Crippen molar-refractivity contribution in [3.63, 3.8) is 0 Å². The molecule has 18 heavy (non-hydrogen) atoms. The van der Waals surface area contributed by atoms with Crippen LogP contribution in [0.4, 0.5) is 0 Å². The summed E-state index contributed by atoms with van der Waals surface area (Å²) >= 11 is 0. The van der Waals surface area contributed by atoms with E-state index in [4.69, 9.17) is 0 Å². The molecule has 1 amide bonds. The van der Waals surface area contributed by atoms with E-state index in [0.717, 1.165) is 18.2 Å². The third-order valence-corrected chi connectivity index (χ3v) is 2.94. The van der Waals surface area contributed by atoms with Crippen LogP contribution in [-0.2, 0) is 4.79 Å². The van der Waals surface area contributed by atoms with E-state index >= 15 is 0 Å². The molecule has 3 nitrogen and oxygen atoms in total. The highest BCUT2D eigenvalue weighted by Gasteiger charge is 2.20. The molecule has 1 aliphatic rings. The van der Waals surface area contributed by atoms with Crippen LogP contribution in [0.3, 0.4) is 0 Å². The van der Waals surface area contributed by atoms with Crippen molar-refractivity contribution in [3.8, 4) is 0 Å². The lowest BCUT2D eigenvalue weighted by Crippen LogP contribution is -2.21. The molecule has 1 heterocycles. The number of aryl methyl sites for hydroxylation is 1. The first-order valence-corrected chi connectivity index (χ1v) is 6.66. The molecule has 0 aromatic carbocycles. The first kappa shape index (κ1) is 14.7. The van der Waals surface area contributed by atoms with Crippen molar-refractivity contribution in [3.05, 3.63) is 29.6 Å².